The molecular weight excluding hydrogens is 228 g/mol. The zero-order valence-corrected chi connectivity index (χ0v) is 10.8. The molecule has 0 aliphatic carbocycles. The van der Waals surface area contributed by atoms with E-state index in [-0.39, 0.29) is 5.92 Å². The van der Waals surface area contributed by atoms with Crippen LogP contribution in [-0.4, -0.2) is 29.9 Å². The van der Waals surface area contributed by atoms with Crippen molar-refractivity contribution in [3.63, 3.8) is 0 Å². The molecule has 0 saturated carbocycles. The monoisotopic (exact) mass is 248 g/mol. The van der Waals surface area contributed by atoms with Crippen LogP contribution in [0.2, 0.25) is 0 Å². The van der Waals surface area contributed by atoms with Crippen LogP contribution in [0.3, 0.4) is 0 Å². The number of benzene rings is 1. The van der Waals surface area contributed by atoms with E-state index in [0.717, 1.165) is 13.0 Å². The highest BCUT2D eigenvalue weighted by Gasteiger charge is 2.14. The molecule has 0 amide bonds. The number of nitrogens with two attached hydrogens (primary N) is 1. The first-order chi connectivity index (χ1) is 8.52. The van der Waals surface area contributed by atoms with Crippen LogP contribution in [-0.2, 0) is 11.2 Å². The van der Waals surface area contributed by atoms with E-state index in [9.17, 15) is 4.79 Å². The molecule has 1 aliphatic rings. The molecule has 4 nitrogen and oxygen atoms in total. The van der Waals surface area contributed by atoms with E-state index >= 15 is 0 Å². The summed E-state index contributed by atoms with van der Waals surface area (Å²) in [6.45, 7) is 4.51. The Morgan fingerprint density at radius 3 is 2.56 bits per heavy atom. The summed E-state index contributed by atoms with van der Waals surface area (Å²) in [7, 11) is 0. The van der Waals surface area contributed by atoms with Crippen molar-refractivity contribution in [1.29, 1.82) is 0 Å². The van der Waals surface area contributed by atoms with Gasteiger partial charge in [0.1, 0.15) is 6.04 Å². The number of fused-ring (bicyclic) bond motifs is 1. The van der Waals surface area contributed by atoms with Crippen molar-refractivity contribution in [2.75, 3.05) is 6.54 Å². The Bertz CT molecular complexity index is 428. The second kappa shape index (κ2) is 6.91. The van der Waals surface area contributed by atoms with Crippen molar-refractivity contribution >= 4 is 12.2 Å². The van der Waals surface area contributed by atoms with Crippen LogP contribution in [0.5, 0.6) is 0 Å². The maximum Gasteiger partial charge on any atom is 0.320 e. The first-order valence-corrected chi connectivity index (χ1v) is 6.08. The van der Waals surface area contributed by atoms with Crippen molar-refractivity contribution in [3.8, 4) is 0 Å². The molecule has 3 N–H and O–H groups in total. The van der Waals surface area contributed by atoms with Crippen molar-refractivity contribution in [3.05, 3.63) is 35.4 Å². The van der Waals surface area contributed by atoms with E-state index in [4.69, 9.17) is 10.8 Å². The number of hydrogen-bond acceptors (Lipinski definition) is 3. The van der Waals surface area contributed by atoms with Crippen LogP contribution in [0.15, 0.2) is 29.3 Å². The van der Waals surface area contributed by atoms with Crippen molar-refractivity contribution in [2.24, 2.45) is 16.6 Å². The lowest BCUT2D eigenvalue weighted by molar-refractivity contribution is -0.139. The fourth-order valence-corrected chi connectivity index (χ4v) is 1.52. The maximum absolute atomic E-state index is 10.0. The minimum absolute atomic E-state index is 0.0208. The molecule has 1 aromatic carbocycles. The van der Waals surface area contributed by atoms with Gasteiger partial charge in [0.15, 0.2) is 0 Å². The topological polar surface area (TPSA) is 75.7 Å². The van der Waals surface area contributed by atoms with Crippen LogP contribution >= 0.6 is 0 Å². The summed E-state index contributed by atoms with van der Waals surface area (Å²) in [6.07, 6.45) is 3.06. The predicted molar refractivity (Wildman–Crippen MR) is 73.1 cm³/mol. The minimum Gasteiger partial charge on any atom is -0.480 e. The van der Waals surface area contributed by atoms with Gasteiger partial charge in [-0.2, -0.15) is 0 Å². The summed E-state index contributed by atoms with van der Waals surface area (Å²) in [4.78, 5) is 14.2. The molecular formula is C14H20N2O2. The van der Waals surface area contributed by atoms with Gasteiger partial charge in [0.05, 0.1) is 0 Å². The lowest BCUT2D eigenvalue weighted by Gasteiger charge is -2.07. The normalized spacial score (nSPS) is 14.4. The maximum atomic E-state index is 10.0. The Morgan fingerprint density at radius 1 is 1.39 bits per heavy atom. The third kappa shape index (κ3) is 4.30. The summed E-state index contributed by atoms with van der Waals surface area (Å²) >= 11 is 0. The third-order valence-corrected chi connectivity index (χ3v) is 2.80. The first-order valence-electron chi connectivity index (χ1n) is 6.08. The molecule has 0 spiro atoms. The highest BCUT2D eigenvalue weighted by molar-refractivity contribution is 5.82. The molecule has 0 saturated heterocycles. The predicted octanol–water partition coefficient (Wildman–Crippen LogP) is 1.72. The van der Waals surface area contributed by atoms with Crippen LogP contribution in [0.4, 0.5) is 0 Å². The first kappa shape index (κ1) is 14.4. The van der Waals surface area contributed by atoms with Gasteiger partial charge in [-0.1, -0.05) is 38.1 Å². The van der Waals surface area contributed by atoms with E-state index in [1.54, 1.807) is 13.8 Å². The van der Waals surface area contributed by atoms with Gasteiger partial charge >= 0.3 is 5.97 Å². The van der Waals surface area contributed by atoms with Crippen LogP contribution < -0.4 is 5.73 Å². The van der Waals surface area contributed by atoms with Gasteiger partial charge in [-0.05, 0) is 23.5 Å². The molecule has 0 unspecified atom stereocenters. The summed E-state index contributed by atoms with van der Waals surface area (Å²) in [5, 5.41) is 8.23. The molecule has 4 heteroatoms. The lowest BCUT2D eigenvalue weighted by Crippen LogP contribution is -2.34. The molecule has 1 atom stereocenters. The summed E-state index contributed by atoms with van der Waals surface area (Å²) in [5.41, 5.74) is 7.87. The molecule has 2 rings (SSSR count). The molecule has 18 heavy (non-hydrogen) atoms. The smallest absolute Gasteiger partial charge is 0.320 e. The fourth-order valence-electron chi connectivity index (χ4n) is 1.52. The lowest BCUT2D eigenvalue weighted by atomic mass is 10.0. The van der Waals surface area contributed by atoms with Crippen molar-refractivity contribution in [1.82, 2.24) is 0 Å². The molecule has 0 fully saturated rings. The van der Waals surface area contributed by atoms with Gasteiger partial charge in [-0.15, -0.1) is 0 Å². The molecule has 0 bridgehead atoms. The van der Waals surface area contributed by atoms with Gasteiger partial charge in [0, 0.05) is 12.8 Å². The van der Waals surface area contributed by atoms with E-state index in [1.165, 1.54) is 11.1 Å². The van der Waals surface area contributed by atoms with Gasteiger partial charge in [0.2, 0.25) is 0 Å². The van der Waals surface area contributed by atoms with Gasteiger partial charge < -0.3 is 10.8 Å². The number of aliphatic carboxylic acids is 1. The Kier molecular flexibility index (Phi) is 5.52. The molecule has 0 aromatic heterocycles. The average molecular weight is 248 g/mol. The molecule has 1 heterocycles. The van der Waals surface area contributed by atoms with Gasteiger partial charge in [-0.3, -0.25) is 9.79 Å². The highest BCUT2D eigenvalue weighted by atomic mass is 16.4. The number of carboxylic acid groups (broad SMARTS) is 1. The Morgan fingerprint density at radius 2 is 2.06 bits per heavy atom. The van der Waals surface area contributed by atoms with Crippen molar-refractivity contribution in [2.45, 2.75) is 26.3 Å². The van der Waals surface area contributed by atoms with Gasteiger partial charge in [0.25, 0.3) is 0 Å². The number of rotatable bonds is 2. The summed E-state index contributed by atoms with van der Waals surface area (Å²) < 4.78 is 0. The molecule has 1 aromatic rings. The number of carboxylic acids is 1. The van der Waals surface area contributed by atoms with Gasteiger partial charge in [-0.25, -0.2) is 0 Å². The molecule has 0 radical (unpaired) electrons. The number of nitrogens with zero attached hydrogens (tertiary/aromatic N) is 1. The zero-order chi connectivity index (χ0) is 13.5. The van der Waals surface area contributed by atoms with Crippen LogP contribution in [0.1, 0.15) is 25.0 Å². The van der Waals surface area contributed by atoms with E-state index in [2.05, 4.69) is 29.3 Å². The summed E-state index contributed by atoms with van der Waals surface area (Å²) in [6, 6.07) is 7.70. The fraction of sp³-hybridized carbons (Fsp3) is 0.429. The number of hydrogen-bond donors (Lipinski definition) is 2. The second-order valence-electron chi connectivity index (χ2n) is 4.59. The number of aliphatic imine (C=N–C) groups is 1. The highest BCUT2D eigenvalue weighted by Crippen LogP contribution is 2.10. The van der Waals surface area contributed by atoms with Crippen LogP contribution in [0, 0.1) is 5.92 Å². The van der Waals surface area contributed by atoms with Crippen molar-refractivity contribution < 1.29 is 9.90 Å². The van der Waals surface area contributed by atoms with E-state index in [0.29, 0.717) is 0 Å². The Hall–Kier alpha value is -1.68. The Labute approximate surface area is 108 Å². The molecule has 98 valence electrons. The largest absolute Gasteiger partial charge is 0.480 e. The number of carbonyl (C=O) groups is 1. The quantitative estimate of drug-likeness (QED) is 0.836. The average Bonchev–Trinajstić information content (AvgIpc) is 2.38. The molecule has 1 aliphatic heterocycles. The SMILES string of the molecule is C1=NCCc2ccccc21.CC(C)[C@H](N)C(=O)O. The van der Waals surface area contributed by atoms with Crippen LogP contribution in [0.25, 0.3) is 0 Å². The second-order valence-corrected chi connectivity index (χ2v) is 4.59. The van der Waals surface area contributed by atoms with E-state index < -0.39 is 12.0 Å². The minimum atomic E-state index is -0.931. The summed E-state index contributed by atoms with van der Waals surface area (Å²) in [5.74, 6) is -0.910. The zero-order valence-electron chi connectivity index (χ0n) is 10.8. The third-order valence-electron chi connectivity index (χ3n) is 2.80. The standard InChI is InChI=1S/C9H9N.C5H11NO2/c1-2-4-9-7-10-6-5-8(9)3-1;1-3(2)4(6)5(7)8/h1-4,7H,5-6H2;3-4H,6H2,1-2H3,(H,7,8)/t;4-/m.0/s1. The van der Waals surface area contributed by atoms with E-state index in [1.807, 2.05) is 6.21 Å². The Balaban J connectivity index is 0.000000187.